The number of piperazine rings is 1. The average Bonchev–Trinajstić information content (AvgIpc) is 2.44. The monoisotopic (exact) mass is 323 g/mol. The number of hydrogen-bond donors (Lipinski definition) is 0. The van der Waals surface area contributed by atoms with Crippen LogP contribution in [-0.2, 0) is 10.0 Å². The van der Waals surface area contributed by atoms with E-state index in [1.807, 2.05) is 19.1 Å². The minimum atomic E-state index is -3.29. The van der Waals surface area contributed by atoms with Crippen LogP contribution in [0.2, 0.25) is 0 Å². The van der Waals surface area contributed by atoms with Crippen molar-refractivity contribution < 1.29 is 8.42 Å². The third-order valence-electron chi connectivity index (χ3n) is 4.69. The summed E-state index contributed by atoms with van der Waals surface area (Å²) in [5, 5.41) is 0. The zero-order chi connectivity index (χ0) is 15.7. The van der Waals surface area contributed by atoms with Crippen molar-refractivity contribution in [2.45, 2.75) is 11.8 Å². The van der Waals surface area contributed by atoms with Crippen LogP contribution in [0.1, 0.15) is 5.56 Å². The molecule has 2 heterocycles. The summed E-state index contributed by atoms with van der Waals surface area (Å²) in [6.07, 6.45) is 0. The number of hydrogen-bond acceptors (Lipinski definition) is 4. The van der Waals surface area contributed by atoms with Gasteiger partial charge < -0.3 is 9.80 Å². The Morgan fingerprint density at radius 1 is 1.05 bits per heavy atom. The predicted molar refractivity (Wildman–Crippen MR) is 87.4 cm³/mol. The number of sulfonamides is 1. The van der Waals surface area contributed by atoms with Gasteiger partial charge in [-0.25, -0.2) is 8.42 Å². The van der Waals surface area contributed by atoms with Gasteiger partial charge in [0.2, 0.25) is 10.0 Å². The van der Waals surface area contributed by atoms with Crippen LogP contribution in [0.4, 0.5) is 0 Å². The molecule has 3 rings (SSSR count). The van der Waals surface area contributed by atoms with Crippen LogP contribution in [-0.4, -0.2) is 75.4 Å². The van der Waals surface area contributed by atoms with Gasteiger partial charge >= 0.3 is 0 Å². The fraction of sp³-hybridized carbons (Fsp3) is 0.625. The molecule has 0 unspecified atom stereocenters. The SMILES string of the molecule is Cc1ccc(S(=O)(=O)N2CC(CN3CCN(C)CC3)C2)cc1. The van der Waals surface area contributed by atoms with Gasteiger partial charge in [-0.15, -0.1) is 0 Å². The van der Waals surface area contributed by atoms with Crippen LogP contribution < -0.4 is 0 Å². The van der Waals surface area contributed by atoms with E-state index in [4.69, 9.17) is 0 Å². The standard InChI is InChI=1S/C16H25N3O2S/c1-14-3-5-16(6-4-14)22(20,21)19-12-15(13-19)11-18-9-7-17(2)8-10-18/h3-6,15H,7-13H2,1-2H3. The quantitative estimate of drug-likeness (QED) is 0.824. The molecule has 6 heteroatoms. The highest BCUT2D eigenvalue weighted by molar-refractivity contribution is 7.89. The molecule has 0 N–H and O–H groups in total. The highest BCUT2D eigenvalue weighted by Crippen LogP contribution is 2.26. The smallest absolute Gasteiger partial charge is 0.243 e. The lowest BCUT2D eigenvalue weighted by molar-refractivity contribution is 0.0940. The Morgan fingerprint density at radius 2 is 1.64 bits per heavy atom. The molecule has 122 valence electrons. The number of rotatable bonds is 4. The molecule has 0 aromatic heterocycles. The first-order valence-corrected chi connectivity index (χ1v) is 9.37. The lowest BCUT2D eigenvalue weighted by Crippen LogP contribution is -2.55. The Kier molecular flexibility index (Phi) is 4.54. The van der Waals surface area contributed by atoms with Gasteiger partial charge in [-0.3, -0.25) is 0 Å². The lowest BCUT2D eigenvalue weighted by Gasteiger charge is -2.42. The maximum absolute atomic E-state index is 12.5. The van der Waals surface area contributed by atoms with Crippen molar-refractivity contribution in [2.75, 3.05) is 52.9 Å². The number of nitrogens with zero attached hydrogens (tertiary/aromatic N) is 3. The van der Waals surface area contributed by atoms with Crippen molar-refractivity contribution >= 4 is 10.0 Å². The van der Waals surface area contributed by atoms with Gasteiger partial charge in [-0.1, -0.05) is 17.7 Å². The molecule has 1 aromatic carbocycles. The summed E-state index contributed by atoms with van der Waals surface area (Å²) >= 11 is 0. The first-order chi connectivity index (χ1) is 10.4. The van der Waals surface area contributed by atoms with Crippen molar-refractivity contribution in [2.24, 2.45) is 5.92 Å². The predicted octanol–water partition coefficient (Wildman–Crippen LogP) is 0.863. The summed E-state index contributed by atoms with van der Waals surface area (Å²) in [4.78, 5) is 5.21. The topological polar surface area (TPSA) is 43.9 Å². The number of benzene rings is 1. The van der Waals surface area contributed by atoms with Crippen LogP contribution >= 0.6 is 0 Å². The Labute approximate surface area is 133 Å². The van der Waals surface area contributed by atoms with Crippen LogP contribution in [0.3, 0.4) is 0 Å². The van der Waals surface area contributed by atoms with Crippen LogP contribution in [0.5, 0.6) is 0 Å². The third-order valence-corrected chi connectivity index (χ3v) is 6.54. The van der Waals surface area contributed by atoms with E-state index in [1.54, 1.807) is 16.4 Å². The number of likely N-dealkylation sites (N-methyl/N-ethyl adjacent to an activating group) is 1. The minimum Gasteiger partial charge on any atom is -0.304 e. The van der Waals surface area contributed by atoms with Crippen molar-refractivity contribution in [3.05, 3.63) is 29.8 Å². The van der Waals surface area contributed by atoms with Gasteiger partial charge in [0, 0.05) is 45.8 Å². The molecular formula is C16H25N3O2S. The molecule has 0 bridgehead atoms. The molecule has 0 saturated carbocycles. The molecule has 1 aromatic rings. The molecule has 0 aliphatic carbocycles. The molecule has 2 fully saturated rings. The van der Waals surface area contributed by atoms with E-state index in [-0.39, 0.29) is 0 Å². The summed E-state index contributed by atoms with van der Waals surface area (Å²) < 4.78 is 26.6. The summed E-state index contributed by atoms with van der Waals surface area (Å²) in [6, 6.07) is 7.12. The van der Waals surface area contributed by atoms with Crippen molar-refractivity contribution in [3.8, 4) is 0 Å². The van der Waals surface area contributed by atoms with Crippen LogP contribution in [0, 0.1) is 12.8 Å². The van der Waals surface area contributed by atoms with Crippen LogP contribution in [0.25, 0.3) is 0 Å². The maximum atomic E-state index is 12.5. The normalized spacial score (nSPS) is 22.6. The summed E-state index contributed by atoms with van der Waals surface area (Å²) in [6.45, 7) is 8.70. The van der Waals surface area contributed by atoms with E-state index in [2.05, 4.69) is 16.8 Å². The highest BCUT2D eigenvalue weighted by atomic mass is 32.2. The van der Waals surface area contributed by atoms with E-state index in [0.29, 0.717) is 23.9 Å². The van der Waals surface area contributed by atoms with Gasteiger partial charge in [0.1, 0.15) is 0 Å². The Balaban J connectivity index is 1.53. The van der Waals surface area contributed by atoms with Crippen molar-refractivity contribution in [3.63, 3.8) is 0 Å². The number of aryl methyl sites for hydroxylation is 1. The van der Waals surface area contributed by atoms with Gasteiger partial charge in [0.25, 0.3) is 0 Å². The van der Waals surface area contributed by atoms with Crippen molar-refractivity contribution in [1.82, 2.24) is 14.1 Å². The lowest BCUT2D eigenvalue weighted by atomic mass is 10.0. The molecule has 0 atom stereocenters. The highest BCUT2D eigenvalue weighted by Gasteiger charge is 2.37. The average molecular weight is 323 g/mol. The largest absolute Gasteiger partial charge is 0.304 e. The van der Waals surface area contributed by atoms with E-state index >= 15 is 0 Å². The molecule has 2 aliphatic heterocycles. The molecule has 5 nitrogen and oxygen atoms in total. The van der Waals surface area contributed by atoms with Crippen molar-refractivity contribution in [1.29, 1.82) is 0 Å². The summed E-state index contributed by atoms with van der Waals surface area (Å²) in [5.41, 5.74) is 1.08. The molecular weight excluding hydrogens is 298 g/mol. The molecule has 2 aliphatic rings. The molecule has 0 spiro atoms. The zero-order valence-corrected chi connectivity index (χ0v) is 14.2. The van der Waals surface area contributed by atoms with Crippen LogP contribution in [0.15, 0.2) is 29.2 Å². The summed E-state index contributed by atoms with van der Waals surface area (Å²) in [7, 11) is -1.15. The Bertz CT molecular complexity index is 601. The van der Waals surface area contributed by atoms with Gasteiger partial charge in [0.05, 0.1) is 4.90 Å². The fourth-order valence-electron chi connectivity index (χ4n) is 3.09. The van der Waals surface area contributed by atoms with E-state index < -0.39 is 10.0 Å². The first kappa shape index (κ1) is 15.9. The van der Waals surface area contributed by atoms with Gasteiger partial charge in [-0.05, 0) is 32.0 Å². The second kappa shape index (κ2) is 6.28. The third kappa shape index (κ3) is 3.35. The Morgan fingerprint density at radius 3 is 2.23 bits per heavy atom. The van der Waals surface area contributed by atoms with Gasteiger partial charge in [0.15, 0.2) is 0 Å². The molecule has 0 radical (unpaired) electrons. The first-order valence-electron chi connectivity index (χ1n) is 7.93. The van der Waals surface area contributed by atoms with Gasteiger partial charge in [-0.2, -0.15) is 4.31 Å². The van der Waals surface area contributed by atoms with E-state index in [0.717, 1.165) is 38.3 Å². The summed E-state index contributed by atoms with van der Waals surface area (Å²) in [5.74, 6) is 0.476. The zero-order valence-electron chi connectivity index (χ0n) is 13.4. The van der Waals surface area contributed by atoms with E-state index in [9.17, 15) is 8.42 Å². The Hall–Kier alpha value is -0.950. The molecule has 0 amide bonds. The van der Waals surface area contributed by atoms with E-state index in [1.165, 1.54) is 0 Å². The maximum Gasteiger partial charge on any atom is 0.243 e. The molecule has 2 saturated heterocycles. The minimum absolute atomic E-state index is 0.413. The second-order valence-electron chi connectivity index (χ2n) is 6.60. The second-order valence-corrected chi connectivity index (χ2v) is 8.54. The fourth-order valence-corrected chi connectivity index (χ4v) is 4.68. The molecule has 22 heavy (non-hydrogen) atoms.